The second-order valence-electron chi connectivity index (χ2n) is 7.62. The molecule has 1 aromatic carbocycles. The summed E-state index contributed by atoms with van der Waals surface area (Å²) in [6, 6.07) is 7.42. The highest BCUT2D eigenvalue weighted by Gasteiger charge is 2.52. The normalized spacial score (nSPS) is 18.7. The molecule has 2 rings (SSSR count). The van der Waals surface area contributed by atoms with Gasteiger partial charge in [-0.15, -0.1) is 0 Å². The summed E-state index contributed by atoms with van der Waals surface area (Å²) in [6.45, 7) is 11.6. The van der Waals surface area contributed by atoms with Crippen molar-refractivity contribution in [2.24, 2.45) is 0 Å². The van der Waals surface area contributed by atoms with Crippen LogP contribution in [0.25, 0.3) is 6.08 Å². The van der Waals surface area contributed by atoms with E-state index >= 15 is 0 Å². The van der Waals surface area contributed by atoms with Crippen LogP contribution in [0, 0.1) is 0 Å². The molecule has 140 valence electrons. The standard InChI is InChI=1S/C20H28BNO4/c1-7-18(24)16-10-8-15(9-11-16)12-17(13-22-14(2)23)21-25-19(3,4)20(5,6)26-21/h8-12H,7,13H2,1-6H3,(H,22,23). The molecule has 1 N–H and O–H groups in total. The van der Waals surface area contributed by atoms with Crippen molar-refractivity contribution in [1.82, 2.24) is 5.32 Å². The van der Waals surface area contributed by atoms with Gasteiger partial charge in [-0.3, -0.25) is 9.59 Å². The van der Waals surface area contributed by atoms with Crippen molar-refractivity contribution in [1.29, 1.82) is 0 Å². The fourth-order valence-corrected chi connectivity index (χ4v) is 2.61. The van der Waals surface area contributed by atoms with E-state index in [1.807, 2.05) is 65.0 Å². The summed E-state index contributed by atoms with van der Waals surface area (Å²) in [4.78, 5) is 23.1. The number of carbonyl (C=O) groups excluding carboxylic acids is 2. The molecule has 1 fully saturated rings. The lowest BCUT2D eigenvalue weighted by Gasteiger charge is -2.32. The summed E-state index contributed by atoms with van der Waals surface area (Å²) in [5, 5.41) is 2.81. The number of ketones is 1. The monoisotopic (exact) mass is 357 g/mol. The molecule has 0 unspecified atom stereocenters. The molecule has 0 radical (unpaired) electrons. The van der Waals surface area contributed by atoms with E-state index in [0.717, 1.165) is 11.0 Å². The van der Waals surface area contributed by atoms with Gasteiger partial charge in [0.15, 0.2) is 5.78 Å². The predicted octanol–water partition coefficient (Wildman–Crippen LogP) is 3.43. The van der Waals surface area contributed by atoms with Crippen molar-refractivity contribution in [3.05, 3.63) is 40.9 Å². The molecule has 1 aliphatic heterocycles. The predicted molar refractivity (Wildman–Crippen MR) is 104 cm³/mol. The minimum atomic E-state index is -0.538. The van der Waals surface area contributed by atoms with Gasteiger partial charge in [0, 0.05) is 25.5 Å². The number of amides is 1. The quantitative estimate of drug-likeness (QED) is 0.626. The molecule has 1 heterocycles. The van der Waals surface area contributed by atoms with Gasteiger partial charge in [-0.25, -0.2) is 0 Å². The maximum Gasteiger partial charge on any atom is 0.492 e. The first-order valence-electron chi connectivity index (χ1n) is 8.99. The van der Waals surface area contributed by atoms with Crippen LogP contribution in [0.15, 0.2) is 29.7 Å². The Labute approximate surface area is 156 Å². The number of carbonyl (C=O) groups is 2. The average Bonchev–Trinajstić information content (AvgIpc) is 2.78. The first-order chi connectivity index (χ1) is 12.1. The van der Waals surface area contributed by atoms with Crippen molar-refractivity contribution in [2.45, 2.75) is 59.2 Å². The van der Waals surface area contributed by atoms with E-state index in [1.165, 1.54) is 6.92 Å². The lowest BCUT2D eigenvalue weighted by Crippen LogP contribution is -2.41. The lowest BCUT2D eigenvalue weighted by atomic mass is 9.77. The van der Waals surface area contributed by atoms with E-state index in [4.69, 9.17) is 9.31 Å². The van der Waals surface area contributed by atoms with Gasteiger partial charge < -0.3 is 14.6 Å². The van der Waals surface area contributed by atoms with Crippen LogP contribution in [0.5, 0.6) is 0 Å². The molecule has 1 amide bonds. The Kier molecular flexibility index (Phi) is 6.09. The molecule has 6 heteroatoms. The highest BCUT2D eigenvalue weighted by Crippen LogP contribution is 2.38. The summed E-state index contributed by atoms with van der Waals surface area (Å²) in [6.07, 6.45) is 2.43. The summed E-state index contributed by atoms with van der Waals surface area (Å²) in [7, 11) is -0.538. The number of hydrogen-bond donors (Lipinski definition) is 1. The maximum atomic E-state index is 11.8. The zero-order valence-corrected chi connectivity index (χ0v) is 16.5. The number of Topliss-reactive ketones (excluding diaryl/α,β-unsaturated/α-hetero) is 1. The van der Waals surface area contributed by atoms with E-state index in [-0.39, 0.29) is 11.7 Å². The van der Waals surface area contributed by atoms with Gasteiger partial charge >= 0.3 is 7.12 Å². The van der Waals surface area contributed by atoms with Crippen LogP contribution in [0.1, 0.15) is 63.9 Å². The van der Waals surface area contributed by atoms with Crippen LogP contribution >= 0.6 is 0 Å². The highest BCUT2D eigenvalue weighted by atomic mass is 16.7. The van der Waals surface area contributed by atoms with Crippen molar-refractivity contribution in [3.63, 3.8) is 0 Å². The fraction of sp³-hybridized carbons (Fsp3) is 0.500. The fourth-order valence-electron chi connectivity index (χ4n) is 2.61. The average molecular weight is 357 g/mol. The molecule has 1 saturated heterocycles. The first kappa shape index (κ1) is 20.4. The van der Waals surface area contributed by atoms with Crippen LogP contribution in [0.2, 0.25) is 0 Å². The minimum Gasteiger partial charge on any atom is -0.400 e. The summed E-state index contributed by atoms with van der Waals surface area (Å²) >= 11 is 0. The van der Waals surface area contributed by atoms with Crippen LogP contribution < -0.4 is 5.32 Å². The summed E-state index contributed by atoms with van der Waals surface area (Å²) in [5.41, 5.74) is 1.54. The Bertz CT molecular complexity index is 691. The third kappa shape index (κ3) is 4.62. The molecule has 26 heavy (non-hydrogen) atoms. The van der Waals surface area contributed by atoms with Gasteiger partial charge in [0.25, 0.3) is 0 Å². The molecule has 0 aromatic heterocycles. The third-order valence-electron chi connectivity index (χ3n) is 5.00. The van der Waals surface area contributed by atoms with Crippen molar-refractivity contribution in [2.75, 3.05) is 6.54 Å². The van der Waals surface area contributed by atoms with E-state index in [9.17, 15) is 9.59 Å². The molecule has 1 aromatic rings. The van der Waals surface area contributed by atoms with Crippen molar-refractivity contribution in [3.8, 4) is 0 Å². The zero-order chi connectivity index (χ0) is 19.5. The summed E-state index contributed by atoms with van der Waals surface area (Å²) < 4.78 is 12.2. The molecule has 0 saturated carbocycles. The van der Waals surface area contributed by atoms with Crippen LogP contribution in [-0.2, 0) is 14.1 Å². The number of benzene rings is 1. The molecule has 0 bridgehead atoms. The zero-order valence-electron chi connectivity index (χ0n) is 16.5. The number of rotatable bonds is 6. The van der Waals surface area contributed by atoms with E-state index in [2.05, 4.69) is 5.32 Å². The number of nitrogens with one attached hydrogen (secondary N) is 1. The first-order valence-corrected chi connectivity index (χ1v) is 8.99. The summed E-state index contributed by atoms with van der Waals surface area (Å²) in [5.74, 6) is 0.00117. The van der Waals surface area contributed by atoms with Crippen molar-refractivity contribution < 1.29 is 18.9 Å². The molecule has 5 nitrogen and oxygen atoms in total. The Balaban J connectivity index is 2.28. The second kappa shape index (κ2) is 7.76. The lowest BCUT2D eigenvalue weighted by molar-refractivity contribution is -0.118. The minimum absolute atomic E-state index is 0.115. The van der Waals surface area contributed by atoms with Gasteiger partial charge in [-0.05, 0) is 38.7 Å². The molecule has 0 spiro atoms. The molecule has 1 aliphatic rings. The van der Waals surface area contributed by atoms with Gasteiger partial charge in [0.1, 0.15) is 0 Å². The number of hydrogen-bond acceptors (Lipinski definition) is 4. The Morgan fingerprint density at radius 3 is 2.08 bits per heavy atom. The smallest absolute Gasteiger partial charge is 0.400 e. The van der Waals surface area contributed by atoms with Crippen molar-refractivity contribution >= 4 is 24.9 Å². The second-order valence-corrected chi connectivity index (χ2v) is 7.62. The van der Waals surface area contributed by atoms with E-state index < -0.39 is 18.3 Å². The van der Waals surface area contributed by atoms with Crippen LogP contribution in [-0.4, -0.2) is 36.6 Å². The van der Waals surface area contributed by atoms with Crippen LogP contribution in [0.4, 0.5) is 0 Å². The van der Waals surface area contributed by atoms with E-state index in [0.29, 0.717) is 18.5 Å². The van der Waals surface area contributed by atoms with Gasteiger partial charge in [-0.1, -0.05) is 37.3 Å². The highest BCUT2D eigenvalue weighted by molar-refractivity contribution is 6.56. The largest absolute Gasteiger partial charge is 0.492 e. The maximum absolute atomic E-state index is 11.8. The molecular formula is C20H28BNO4. The Morgan fingerprint density at radius 1 is 1.08 bits per heavy atom. The van der Waals surface area contributed by atoms with E-state index in [1.54, 1.807) is 0 Å². The topological polar surface area (TPSA) is 64.6 Å². The van der Waals surface area contributed by atoms with Crippen LogP contribution in [0.3, 0.4) is 0 Å². The molecule has 0 atom stereocenters. The SMILES string of the molecule is CCC(=O)c1ccc(C=C(CNC(C)=O)B2OC(C)(C)C(C)(C)O2)cc1. The third-order valence-corrected chi connectivity index (χ3v) is 5.00. The van der Waals surface area contributed by atoms with Gasteiger partial charge in [0.2, 0.25) is 5.91 Å². The Hall–Kier alpha value is -1.92. The van der Waals surface area contributed by atoms with Gasteiger partial charge in [0.05, 0.1) is 11.2 Å². The molecule has 0 aliphatic carbocycles. The Morgan fingerprint density at radius 2 is 1.62 bits per heavy atom. The molecular weight excluding hydrogens is 329 g/mol. The van der Waals surface area contributed by atoms with Gasteiger partial charge in [-0.2, -0.15) is 0 Å².